The van der Waals surface area contributed by atoms with Crippen molar-refractivity contribution >= 4 is 36.8 Å². The van der Waals surface area contributed by atoms with Crippen molar-refractivity contribution in [3.8, 4) is 0 Å². The lowest BCUT2D eigenvalue weighted by atomic mass is 10.2. The van der Waals surface area contributed by atoms with Gasteiger partial charge in [-0.2, -0.15) is 0 Å². The van der Waals surface area contributed by atoms with Crippen molar-refractivity contribution in [3.05, 3.63) is 30.3 Å². The third kappa shape index (κ3) is 2.66. The molecule has 3 heteroatoms. The first kappa shape index (κ1) is 15.5. The molecule has 1 heterocycles. The average Bonchev–Trinajstić information content (AvgIpc) is 2.38. The van der Waals surface area contributed by atoms with E-state index in [1.54, 1.807) is 5.19 Å². The largest absolute Gasteiger partial charge is 0.148 e. The summed E-state index contributed by atoms with van der Waals surface area (Å²) in [6, 6.07) is 11.3. The molecule has 106 valence electrons. The van der Waals surface area contributed by atoms with Crippen molar-refractivity contribution in [2.24, 2.45) is 0 Å². The molecule has 19 heavy (non-hydrogen) atoms. The van der Waals surface area contributed by atoms with Gasteiger partial charge in [0.15, 0.2) is 0 Å². The molecule has 0 amide bonds. The van der Waals surface area contributed by atoms with Crippen molar-refractivity contribution in [3.63, 3.8) is 0 Å². The maximum Gasteiger partial charge on any atom is 0.118 e. The van der Waals surface area contributed by atoms with E-state index in [0.29, 0.717) is 8.74 Å². The lowest BCUT2D eigenvalue weighted by Gasteiger charge is -2.53. The zero-order valence-corrected chi connectivity index (χ0v) is 15.5. The second-order valence-corrected chi connectivity index (χ2v) is 16.1. The number of thioether (sulfide) groups is 2. The fraction of sp³-hybridized carbons (Fsp3) is 0.625. The van der Waals surface area contributed by atoms with Crippen molar-refractivity contribution in [2.45, 2.75) is 49.4 Å². The molecule has 0 aromatic heterocycles. The van der Waals surface area contributed by atoms with Crippen LogP contribution in [0.1, 0.15) is 34.1 Å². The lowest BCUT2D eigenvalue weighted by molar-refractivity contribution is 0.714. The van der Waals surface area contributed by atoms with Crippen LogP contribution in [0.3, 0.4) is 0 Å². The van der Waals surface area contributed by atoms with Crippen LogP contribution in [0, 0.1) is 0 Å². The highest BCUT2D eigenvalue weighted by Crippen LogP contribution is 2.55. The zero-order chi connectivity index (χ0) is 14.1. The summed E-state index contributed by atoms with van der Waals surface area (Å²) in [5, 5.41) is 1.99. The highest BCUT2D eigenvalue weighted by molar-refractivity contribution is 8.21. The van der Waals surface area contributed by atoms with Gasteiger partial charge in [0.05, 0.1) is 3.70 Å². The minimum Gasteiger partial charge on any atom is -0.148 e. The Hall–Kier alpha value is 0.137. The quantitative estimate of drug-likeness (QED) is 0.713. The van der Waals surface area contributed by atoms with Gasteiger partial charge in [-0.3, -0.25) is 0 Å². The maximum atomic E-state index is 2.60. The Morgan fingerprint density at radius 2 is 1.58 bits per heavy atom. The van der Waals surface area contributed by atoms with Crippen LogP contribution in [-0.4, -0.2) is 23.3 Å². The van der Waals surface area contributed by atoms with Crippen LogP contribution in [0.2, 0.25) is 11.6 Å². The van der Waals surface area contributed by atoms with Crippen LogP contribution >= 0.6 is 23.5 Å². The van der Waals surface area contributed by atoms with Gasteiger partial charge in [0, 0.05) is 0 Å². The van der Waals surface area contributed by atoms with Crippen molar-refractivity contribution in [2.75, 3.05) is 11.5 Å². The van der Waals surface area contributed by atoms with Crippen LogP contribution in [0.4, 0.5) is 0 Å². The van der Waals surface area contributed by atoms with Gasteiger partial charge in [-0.1, -0.05) is 62.8 Å². The fourth-order valence-corrected chi connectivity index (χ4v) is 14.5. The first-order valence-electron chi connectivity index (χ1n) is 7.15. The summed E-state index contributed by atoms with van der Waals surface area (Å²) < 4.78 is 0.394. The molecule has 0 N–H and O–H groups in total. The number of hydrogen-bond donors (Lipinski definition) is 0. The topological polar surface area (TPSA) is 0 Å². The molecule has 0 spiro atoms. The van der Waals surface area contributed by atoms with E-state index in [9.17, 15) is 0 Å². The van der Waals surface area contributed by atoms with Crippen LogP contribution in [-0.2, 0) is 0 Å². The maximum absolute atomic E-state index is 2.60. The minimum atomic E-state index is -1.62. The molecule has 1 aromatic carbocycles. The van der Waals surface area contributed by atoms with Gasteiger partial charge in [-0.15, -0.1) is 23.5 Å². The Morgan fingerprint density at radius 3 is 2.05 bits per heavy atom. The van der Waals surface area contributed by atoms with E-state index < -0.39 is 8.07 Å². The molecule has 0 nitrogen and oxygen atoms in total. The Labute approximate surface area is 128 Å². The third-order valence-corrected chi connectivity index (χ3v) is 17.2. The van der Waals surface area contributed by atoms with Crippen molar-refractivity contribution in [1.29, 1.82) is 0 Å². The number of hydrogen-bond acceptors (Lipinski definition) is 2. The molecule has 1 fully saturated rings. The van der Waals surface area contributed by atoms with Crippen LogP contribution in [0.15, 0.2) is 30.3 Å². The Balaban J connectivity index is 2.52. The second-order valence-electron chi connectivity index (χ2n) is 6.74. The summed E-state index contributed by atoms with van der Waals surface area (Å²) in [5.41, 5.74) is 0. The molecule has 0 bridgehead atoms. The number of benzene rings is 1. The van der Waals surface area contributed by atoms with Gasteiger partial charge >= 0.3 is 0 Å². The minimum absolute atomic E-state index is 0.375. The molecular weight excluding hydrogens is 284 g/mol. The first-order valence-corrected chi connectivity index (χ1v) is 11.6. The van der Waals surface area contributed by atoms with Gasteiger partial charge in [-0.25, -0.2) is 0 Å². The van der Waals surface area contributed by atoms with Crippen molar-refractivity contribution < 1.29 is 0 Å². The molecule has 0 aliphatic carbocycles. The Morgan fingerprint density at radius 1 is 1.05 bits per heavy atom. The summed E-state index contributed by atoms with van der Waals surface area (Å²) in [7, 11) is -1.62. The Kier molecular flexibility index (Phi) is 4.49. The second kappa shape index (κ2) is 5.49. The zero-order valence-electron chi connectivity index (χ0n) is 12.8. The average molecular weight is 311 g/mol. The predicted molar refractivity (Wildman–Crippen MR) is 95.3 cm³/mol. The molecular formula is C16H26S2Si. The van der Waals surface area contributed by atoms with Gasteiger partial charge in [-0.05, 0) is 29.9 Å². The van der Waals surface area contributed by atoms with E-state index in [4.69, 9.17) is 0 Å². The summed E-state index contributed by atoms with van der Waals surface area (Å²) in [6.07, 6.45) is 1.37. The van der Waals surface area contributed by atoms with E-state index in [1.165, 1.54) is 17.9 Å². The number of rotatable bonds is 2. The molecule has 1 aliphatic rings. The molecule has 1 saturated heterocycles. The smallest absolute Gasteiger partial charge is 0.118 e. The van der Waals surface area contributed by atoms with Crippen molar-refractivity contribution in [1.82, 2.24) is 0 Å². The summed E-state index contributed by atoms with van der Waals surface area (Å²) in [4.78, 5) is 0. The monoisotopic (exact) mass is 310 g/mol. The highest BCUT2D eigenvalue weighted by Gasteiger charge is 2.56. The molecule has 1 unspecified atom stereocenters. The van der Waals surface area contributed by atoms with E-state index >= 15 is 0 Å². The standard InChI is InChI=1S/C16H26S2Si/c1-15(2,3)19(5,14-10-7-6-8-11-14)16(4)17-12-9-13-18-16/h6-8,10-11H,9,12-13H2,1-5H3. The summed E-state index contributed by atoms with van der Waals surface area (Å²) >= 11 is 4.44. The van der Waals surface area contributed by atoms with Gasteiger partial charge in [0.2, 0.25) is 0 Å². The lowest BCUT2D eigenvalue weighted by Crippen LogP contribution is -2.65. The first-order chi connectivity index (χ1) is 8.81. The molecule has 0 radical (unpaired) electrons. The van der Waals surface area contributed by atoms with Gasteiger partial charge in [0.25, 0.3) is 0 Å². The summed E-state index contributed by atoms with van der Waals surface area (Å²) in [5.74, 6) is 2.66. The third-order valence-electron chi connectivity index (χ3n) is 4.80. The molecule has 1 aromatic rings. The van der Waals surface area contributed by atoms with Crippen LogP contribution in [0.25, 0.3) is 0 Å². The van der Waals surface area contributed by atoms with Crippen LogP contribution < -0.4 is 5.19 Å². The fourth-order valence-electron chi connectivity index (χ4n) is 3.07. The highest BCUT2D eigenvalue weighted by atomic mass is 32.2. The predicted octanol–water partition coefficient (Wildman–Crippen LogP) is 4.90. The van der Waals surface area contributed by atoms with E-state index in [0.717, 1.165) is 0 Å². The molecule has 2 rings (SSSR count). The van der Waals surface area contributed by atoms with E-state index in [1.807, 2.05) is 0 Å². The van der Waals surface area contributed by atoms with E-state index in [2.05, 4.69) is 88.1 Å². The Bertz CT molecular complexity index is 418. The van der Waals surface area contributed by atoms with Crippen LogP contribution in [0.5, 0.6) is 0 Å². The normalized spacial score (nSPS) is 22.8. The SMILES string of the molecule is CC(C)(C)[Si](C)(c1ccccc1)C1(C)SCCCS1. The summed E-state index contributed by atoms with van der Waals surface area (Å²) in [6.45, 7) is 12.5. The van der Waals surface area contributed by atoms with Gasteiger partial charge < -0.3 is 0 Å². The molecule has 1 aliphatic heterocycles. The van der Waals surface area contributed by atoms with Gasteiger partial charge in [0.1, 0.15) is 8.07 Å². The molecule has 0 saturated carbocycles. The van der Waals surface area contributed by atoms with E-state index in [-0.39, 0.29) is 0 Å². The molecule has 1 atom stereocenters.